The van der Waals surface area contributed by atoms with Gasteiger partial charge in [0.1, 0.15) is 34.0 Å². The van der Waals surface area contributed by atoms with Gasteiger partial charge in [0.2, 0.25) is 0 Å². The number of benzene rings is 1. The molecule has 9 heteroatoms. The number of ether oxygens (including phenoxy) is 1. The van der Waals surface area contributed by atoms with E-state index in [1.165, 1.54) is 19.9 Å². The molecular formula is C24H25N3O6. The van der Waals surface area contributed by atoms with Crippen molar-refractivity contribution in [2.24, 2.45) is 0 Å². The van der Waals surface area contributed by atoms with E-state index in [-0.39, 0.29) is 39.5 Å². The number of aryl methyl sites for hydroxylation is 1. The number of phenolic OH excluding ortho intramolecular Hbond substituents is 2. The first-order valence-corrected chi connectivity index (χ1v) is 10.5. The van der Waals surface area contributed by atoms with Crippen molar-refractivity contribution in [1.29, 1.82) is 0 Å². The Morgan fingerprint density at radius 1 is 1.21 bits per heavy atom. The van der Waals surface area contributed by atoms with Gasteiger partial charge in [-0.25, -0.2) is 0 Å². The maximum atomic E-state index is 13.7. The van der Waals surface area contributed by atoms with Crippen LogP contribution in [0.5, 0.6) is 17.2 Å². The SMILES string of the molecule is CC(=O)c1c(O)c(C)c(O)c2c1OC1=CC(=O)/C(=C(/C)NCCn3nccc3C)C(=O)C12C. The Morgan fingerprint density at radius 3 is 2.52 bits per heavy atom. The van der Waals surface area contributed by atoms with E-state index < -0.39 is 28.5 Å². The molecule has 0 saturated heterocycles. The van der Waals surface area contributed by atoms with Crippen molar-refractivity contribution < 1.29 is 29.3 Å². The van der Waals surface area contributed by atoms with E-state index in [9.17, 15) is 24.6 Å². The van der Waals surface area contributed by atoms with Gasteiger partial charge >= 0.3 is 0 Å². The van der Waals surface area contributed by atoms with Crippen LogP contribution in [0.1, 0.15) is 48.0 Å². The summed E-state index contributed by atoms with van der Waals surface area (Å²) >= 11 is 0. The van der Waals surface area contributed by atoms with Gasteiger partial charge in [0.15, 0.2) is 17.3 Å². The zero-order chi connectivity index (χ0) is 24.2. The summed E-state index contributed by atoms with van der Waals surface area (Å²) in [6.07, 6.45) is 2.90. The molecule has 9 nitrogen and oxygen atoms in total. The number of hydrogen-bond donors (Lipinski definition) is 3. The molecule has 1 aromatic carbocycles. The Bertz CT molecular complexity index is 1300. The molecule has 4 rings (SSSR count). The van der Waals surface area contributed by atoms with Gasteiger partial charge in [-0.1, -0.05) is 0 Å². The molecule has 3 N–H and O–H groups in total. The van der Waals surface area contributed by atoms with E-state index in [2.05, 4.69) is 10.4 Å². The second-order valence-corrected chi connectivity index (χ2v) is 8.51. The first-order chi connectivity index (χ1) is 15.5. The van der Waals surface area contributed by atoms with E-state index in [0.29, 0.717) is 18.8 Å². The molecule has 0 radical (unpaired) electrons. The van der Waals surface area contributed by atoms with E-state index in [1.54, 1.807) is 24.7 Å². The summed E-state index contributed by atoms with van der Waals surface area (Å²) in [4.78, 5) is 38.8. The average molecular weight is 451 g/mol. The van der Waals surface area contributed by atoms with Crippen molar-refractivity contribution in [3.8, 4) is 17.2 Å². The van der Waals surface area contributed by atoms with Gasteiger partial charge < -0.3 is 20.3 Å². The third kappa shape index (κ3) is 3.14. The first kappa shape index (κ1) is 22.3. The molecule has 0 amide bonds. The molecule has 33 heavy (non-hydrogen) atoms. The lowest BCUT2D eigenvalue weighted by atomic mass is 9.70. The normalized spacial score (nSPS) is 20.7. The van der Waals surface area contributed by atoms with Gasteiger partial charge in [-0.15, -0.1) is 0 Å². The molecule has 1 unspecified atom stereocenters. The molecule has 172 valence electrons. The molecule has 1 aliphatic heterocycles. The third-order valence-corrected chi connectivity index (χ3v) is 6.40. The summed E-state index contributed by atoms with van der Waals surface area (Å²) in [5.74, 6) is -2.43. The molecule has 2 aromatic rings. The Balaban J connectivity index is 1.77. The number of fused-ring (bicyclic) bond motifs is 3. The molecule has 0 spiro atoms. The third-order valence-electron chi connectivity index (χ3n) is 6.40. The maximum Gasteiger partial charge on any atom is 0.194 e. The number of aromatic hydroxyl groups is 2. The zero-order valence-corrected chi connectivity index (χ0v) is 19.1. The highest BCUT2D eigenvalue weighted by Gasteiger charge is 2.56. The number of ketones is 3. The Morgan fingerprint density at radius 2 is 1.91 bits per heavy atom. The Labute approximate surface area is 190 Å². The van der Waals surface area contributed by atoms with Crippen LogP contribution in [0.25, 0.3) is 0 Å². The fourth-order valence-corrected chi connectivity index (χ4v) is 4.43. The van der Waals surface area contributed by atoms with Crippen molar-refractivity contribution >= 4 is 17.3 Å². The van der Waals surface area contributed by atoms with Crippen LogP contribution in [0.3, 0.4) is 0 Å². The summed E-state index contributed by atoms with van der Waals surface area (Å²) in [5.41, 5.74) is -0.193. The lowest BCUT2D eigenvalue weighted by molar-refractivity contribution is -0.123. The van der Waals surface area contributed by atoms with Gasteiger partial charge in [0.05, 0.1) is 17.7 Å². The summed E-state index contributed by atoms with van der Waals surface area (Å²) in [7, 11) is 0. The van der Waals surface area contributed by atoms with Gasteiger partial charge in [-0.3, -0.25) is 19.1 Å². The molecule has 2 aliphatic rings. The number of Topliss-reactive ketones (excluding diaryl/α,β-unsaturated/α-hetero) is 2. The van der Waals surface area contributed by atoms with Crippen LogP contribution >= 0.6 is 0 Å². The van der Waals surface area contributed by atoms with Crippen LogP contribution < -0.4 is 10.1 Å². The van der Waals surface area contributed by atoms with E-state index in [1.807, 2.05) is 13.0 Å². The second kappa shape index (κ2) is 7.61. The van der Waals surface area contributed by atoms with Crippen molar-refractivity contribution in [3.05, 3.63) is 57.8 Å². The zero-order valence-electron chi connectivity index (χ0n) is 19.1. The standard InChI is InChI=1S/C24H25N3O6/c1-11-6-7-26-27(11)9-8-25-13(3)17-15(29)10-16-24(5,23(17)32)19-21(31)12(2)20(30)18(14(4)28)22(19)33-16/h6-7,10,25,30-31H,8-9H2,1-5H3/b17-13+. The van der Waals surface area contributed by atoms with Crippen LogP contribution in [-0.4, -0.2) is 43.9 Å². The number of nitrogens with one attached hydrogen (secondary N) is 1. The minimum atomic E-state index is -1.52. The lowest BCUT2D eigenvalue weighted by Crippen LogP contribution is -2.41. The van der Waals surface area contributed by atoms with Gasteiger partial charge in [0.25, 0.3) is 0 Å². The van der Waals surface area contributed by atoms with Crippen LogP contribution in [0.15, 0.2) is 35.4 Å². The number of nitrogens with zero attached hydrogens (tertiary/aromatic N) is 2. The van der Waals surface area contributed by atoms with Crippen molar-refractivity contribution in [2.45, 2.75) is 46.6 Å². The Kier molecular flexibility index (Phi) is 5.15. The number of allylic oxidation sites excluding steroid dienone is 4. The molecule has 1 aliphatic carbocycles. The number of hydrogen-bond acceptors (Lipinski definition) is 8. The minimum absolute atomic E-state index is 0.0130. The predicted molar refractivity (Wildman–Crippen MR) is 118 cm³/mol. The van der Waals surface area contributed by atoms with E-state index in [4.69, 9.17) is 4.74 Å². The van der Waals surface area contributed by atoms with Crippen LogP contribution in [-0.2, 0) is 21.5 Å². The first-order valence-electron chi connectivity index (χ1n) is 10.5. The van der Waals surface area contributed by atoms with Crippen LogP contribution in [0, 0.1) is 13.8 Å². The van der Waals surface area contributed by atoms with Gasteiger partial charge in [-0.2, -0.15) is 5.10 Å². The molecule has 0 saturated carbocycles. The number of phenols is 2. The summed E-state index contributed by atoms with van der Waals surface area (Å²) in [6.45, 7) is 8.79. The predicted octanol–water partition coefficient (Wildman–Crippen LogP) is 2.36. The Hall–Kier alpha value is -3.88. The summed E-state index contributed by atoms with van der Waals surface area (Å²) in [5, 5.41) is 28.6. The summed E-state index contributed by atoms with van der Waals surface area (Å²) < 4.78 is 7.56. The molecule has 0 fully saturated rings. The highest BCUT2D eigenvalue weighted by molar-refractivity contribution is 6.31. The molecule has 1 atom stereocenters. The maximum absolute atomic E-state index is 13.7. The number of carbonyl (C=O) groups is 3. The molecule has 0 bridgehead atoms. The monoisotopic (exact) mass is 451 g/mol. The van der Waals surface area contributed by atoms with Crippen molar-refractivity contribution in [3.63, 3.8) is 0 Å². The van der Waals surface area contributed by atoms with Gasteiger partial charge in [-0.05, 0) is 40.7 Å². The quantitative estimate of drug-likeness (QED) is 0.359. The van der Waals surface area contributed by atoms with Crippen LogP contribution in [0.4, 0.5) is 0 Å². The minimum Gasteiger partial charge on any atom is -0.507 e. The van der Waals surface area contributed by atoms with E-state index >= 15 is 0 Å². The second-order valence-electron chi connectivity index (χ2n) is 8.51. The van der Waals surface area contributed by atoms with E-state index in [0.717, 1.165) is 5.69 Å². The number of carbonyl (C=O) groups excluding carboxylic acids is 3. The fourth-order valence-electron chi connectivity index (χ4n) is 4.43. The van der Waals surface area contributed by atoms with Crippen molar-refractivity contribution in [1.82, 2.24) is 15.1 Å². The van der Waals surface area contributed by atoms with Gasteiger partial charge in [0, 0.05) is 35.8 Å². The average Bonchev–Trinajstić information content (AvgIpc) is 3.27. The molecule has 2 heterocycles. The van der Waals surface area contributed by atoms with Crippen LogP contribution in [0.2, 0.25) is 0 Å². The highest BCUT2D eigenvalue weighted by atomic mass is 16.5. The largest absolute Gasteiger partial charge is 0.507 e. The summed E-state index contributed by atoms with van der Waals surface area (Å²) in [6, 6.07) is 1.88. The topological polar surface area (TPSA) is 131 Å². The number of rotatable bonds is 5. The highest BCUT2D eigenvalue weighted by Crippen LogP contribution is 2.57. The molecular weight excluding hydrogens is 426 g/mol. The smallest absolute Gasteiger partial charge is 0.194 e. The fraction of sp³-hybridized carbons (Fsp3) is 0.333. The molecule has 1 aromatic heterocycles. The lowest BCUT2D eigenvalue weighted by Gasteiger charge is -2.29. The number of aromatic nitrogens is 2. The van der Waals surface area contributed by atoms with Crippen molar-refractivity contribution in [2.75, 3.05) is 6.54 Å².